The average molecular weight is 275 g/mol. The van der Waals surface area contributed by atoms with Gasteiger partial charge < -0.3 is 5.32 Å². The van der Waals surface area contributed by atoms with Crippen LogP contribution in [0.4, 0.5) is 5.82 Å². The highest BCUT2D eigenvalue weighted by atomic mass is 15.2. The molecule has 1 aliphatic rings. The van der Waals surface area contributed by atoms with Crippen LogP contribution < -0.4 is 5.32 Å². The van der Waals surface area contributed by atoms with Crippen molar-refractivity contribution in [2.45, 2.75) is 65.0 Å². The molecule has 1 atom stereocenters. The molecule has 1 saturated heterocycles. The summed E-state index contributed by atoms with van der Waals surface area (Å²) in [5.41, 5.74) is 1.77. The molecule has 1 aromatic rings. The van der Waals surface area contributed by atoms with E-state index in [2.05, 4.69) is 68.9 Å². The molecule has 20 heavy (non-hydrogen) atoms. The molecule has 1 aliphatic heterocycles. The van der Waals surface area contributed by atoms with Crippen molar-refractivity contribution >= 4 is 5.82 Å². The molecule has 0 radical (unpaired) electrons. The number of nitrogens with one attached hydrogen (secondary N) is 1. The second kappa shape index (κ2) is 5.36. The van der Waals surface area contributed by atoms with E-state index in [0.717, 1.165) is 12.4 Å². The number of hydrogen-bond acceptors (Lipinski definition) is 3. The molecule has 0 spiro atoms. The molecule has 0 amide bonds. The standard InChI is InChI=1S/C17H29N3/c1-16(2,3)13-7-9-18-15(11-13)19-14-8-10-20(12-14)17(4,5)6/h7,9,11,14H,8,10,12H2,1-6H3,(H,18,19). The lowest BCUT2D eigenvalue weighted by Gasteiger charge is -2.31. The molecule has 1 N–H and O–H groups in total. The van der Waals surface area contributed by atoms with Crippen LogP contribution in [0.25, 0.3) is 0 Å². The van der Waals surface area contributed by atoms with E-state index in [-0.39, 0.29) is 11.0 Å². The van der Waals surface area contributed by atoms with Gasteiger partial charge in [0.15, 0.2) is 0 Å². The van der Waals surface area contributed by atoms with Gasteiger partial charge in [0.05, 0.1) is 0 Å². The van der Waals surface area contributed by atoms with Gasteiger partial charge in [-0.3, -0.25) is 4.90 Å². The summed E-state index contributed by atoms with van der Waals surface area (Å²) in [6, 6.07) is 4.82. The Kier molecular flexibility index (Phi) is 4.10. The van der Waals surface area contributed by atoms with Crippen LogP contribution in [-0.4, -0.2) is 34.6 Å². The minimum absolute atomic E-state index is 0.173. The Balaban J connectivity index is 2.02. The van der Waals surface area contributed by atoms with E-state index >= 15 is 0 Å². The van der Waals surface area contributed by atoms with Crippen LogP contribution in [0.2, 0.25) is 0 Å². The lowest BCUT2D eigenvalue weighted by molar-refractivity contribution is 0.174. The predicted molar refractivity (Wildman–Crippen MR) is 86.3 cm³/mol. The van der Waals surface area contributed by atoms with Crippen LogP contribution in [0, 0.1) is 0 Å². The van der Waals surface area contributed by atoms with Crippen molar-refractivity contribution in [1.29, 1.82) is 0 Å². The van der Waals surface area contributed by atoms with E-state index in [1.54, 1.807) is 0 Å². The maximum atomic E-state index is 4.47. The first kappa shape index (κ1) is 15.3. The second-order valence-electron chi connectivity index (χ2n) is 7.93. The van der Waals surface area contributed by atoms with Gasteiger partial charge in [0.2, 0.25) is 0 Å². The fraction of sp³-hybridized carbons (Fsp3) is 0.706. The first-order valence-corrected chi connectivity index (χ1v) is 7.64. The second-order valence-corrected chi connectivity index (χ2v) is 7.93. The zero-order valence-corrected chi connectivity index (χ0v) is 13.8. The summed E-state index contributed by atoms with van der Waals surface area (Å²) in [6.07, 6.45) is 3.11. The van der Waals surface area contributed by atoms with Crippen molar-refractivity contribution in [2.24, 2.45) is 0 Å². The van der Waals surface area contributed by atoms with Crippen LogP contribution in [0.15, 0.2) is 18.3 Å². The van der Waals surface area contributed by atoms with E-state index in [4.69, 9.17) is 0 Å². The quantitative estimate of drug-likeness (QED) is 0.892. The van der Waals surface area contributed by atoms with Gasteiger partial charge in [-0.25, -0.2) is 4.98 Å². The Hall–Kier alpha value is -1.09. The third kappa shape index (κ3) is 3.72. The van der Waals surface area contributed by atoms with E-state index in [1.807, 2.05) is 6.20 Å². The Morgan fingerprint density at radius 1 is 1.20 bits per heavy atom. The molecular formula is C17H29N3. The summed E-state index contributed by atoms with van der Waals surface area (Å²) in [4.78, 5) is 7.01. The molecule has 0 saturated carbocycles. The van der Waals surface area contributed by atoms with Crippen molar-refractivity contribution in [1.82, 2.24) is 9.88 Å². The van der Waals surface area contributed by atoms with Crippen molar-refractivity contribution in [2.75, 3.05) is 18.4 Å². The minimum Gasteiger partial charge on any atom is -0.366 e. The molecule has 0 bridgehead atoms. The number of aromatic nitrogens is 1. The molecule has 3 nitrogen and oxygen atoms in total. The van der Waals surface area contributed by atoms with Gasteiger partial charge in [0, 0.05) is 30.9 Å². The fourth-order valence-electron chi connectivity index (χ4n) is 2.67. The van der Waals surface area contributed by atoms with Crippen LogP contribution in [0.3, 0.4) is 0 Å². The number of likely N-dealkylation sites (tertiary alicyclic amines) is 1. The highest BCUT2D eigenvalue weighted by molar-refractivity contribution is 5.41. The number of pyridine rings is 1. The summed E-state index contributed by atoms with van der Waals surface area (Å²) < 4.78 is 0. The van der Waals surface area contributed by atoms with Crippen LogP contribution >= 0.6 is 0 Å². The number of rotatable bonds is 2. The molecule has 0 aromatic carbocycles. The lowest BCUT2D eigenvalue weighted by Crippen LogP contribution is -2.40. The van der Waals surface area contributed by atoms with Crippen molar-refractivity contribution < 1.29 is 0 Å². The smallest absolute Gasteiger partial charge is 0.126 e. The monoisotopic (exact) mass is 275 g/mol. The van der Waals surface area contributed by atoms with E-state index in [1.165, 1.54) is 18.5 Å². The summed E-state index contributed by atoms with van der Waals surface area (Å²) in [6.45, 7) is 15.8. The van der Waals surface area contributed by atoms with Gasteiger partial charge >= 0.3 is 0 Å². The van der Waals surface area contributed by atoms with Crippen LogP contribution in [0.1, 0.15) is 53.5 Å². The maximum Gasteiger partial charge on any atom is 0.126 e. The molecule has 0 aliphatic carbocycles. The third-order valence-corrected chi connectivity index (χ3v) is 4.11. The normalized spacial score (nSPS) is 21.2. The zero-order valence-electron chi connectivity index (χ0n) is 13.8. The topological polar surface area (TPSA) is 28.2 Å². The zero-order chi connectivity index (χ0) is 15.0. The van der Waals surface area contributed by atoms with Crippen molar-refractivity contribution in [3.8, 4) is 0 Å². The van der Waals surface area contributed by atoms with E-state index < -0.39 is 0 Å². The Labute approximate surface area is 123 Å². The minimum atomic E-state index is 0.173. The number of anilines is 1. The molecule has 3 heteroatoms. The van der Waals surface area contributed by atoms with Crippen molar-refractivity contribution in [3.63, 3.8) is 0 Å². The van der Waals surface area contributed by atoms with Gasteiger partial charge in [0.1, 0.15) is 5.82 Å². The molecule has 1 unspecified atom stereocenters. The van der Waals surface area contributed by atoms with Crippen LogP contribution in [0.5, 0.6) is 0 Å². The summed E-state index contributed by atoms with van der Waals surface area (Å²) in [5.74, 6) is 1.01. The fourth-order valence-corrected chi connectivity index (χ4v) is 2.67. The number of hydrogen-bond donors (Lipinski definition) is 1. The SMILES string of the molecule is CC(C)(C)c1ccnc(NC2CCN(C(C)(C)C)C2)c1. The van der Waals surface area contributed by atoms with E-state index in [9.17, 15) is 0 Å². The summed E-state index contributed by atoms with van der Waals surface area (Å²) >= 11 is 0. The van der Waals surface area contributed by atoms with E-state index in [0.29, 0.717) is 6.04 Å². The predicted octanol–water partition coefficient (Wildman–Crippen LogP) is 3.66. The van der Waals surface area contributed by atoms with Crippen LogP contribution in [-0.2, 0) is 5.41 Å². The molecule has 112 valence electrons. The van der Waals surface area contributed by atoms with Crippen molar-refractivity contribution in [3.05, 3.63) is 23.9 Å². The first-order valence-electron chi connectivity index (χ1n) is 7.64. The molecular weight excluding hydrogens is 246 g/mol. The van der Waals surface area contributed by atoms with Gasteiger partial charge in [-0.1, -0.05) is 20.8 Å². The summed E-state index contributed by atoms with van der Waals surface area (Å²) in [7, 11) is 0. The molecule has 2 rings (SSSR count). The molecule has 2 heterocycles. The Morgan fingerprint density at radius 3 is 2.45 bits per heavy atom. The highest BCUT2D eigenvalue weighted by Gasteiger charge is 2.30. The first-order chi connectivity index (χ1) is 9.16. The maximum absolute atomic E-state index is 4.47. The largest absolute Gasteiger partial charge is 0.366 e. The van der Waals surface area contributed by atoms with Gasteiger partial charge in [0.25, 0.3) is 0 Å². The average Bonchev–Trinajstić information content (AvgIpc) is 2.76. The van der Waals surface area contributed by atoms with Gasteiger partial charge in [-0.15, -0.1) is 0 Å². The number of nitrogens with zero attached hydrogens (tertiary/aromatic N) is 2. The Bertz CT molecular complexity index is 454. The van der Waals surface area contributed by atoms with Gasteiger partial charge in [-0.05, 0) is 50.3 Å². The molecule has 1 aromatic heterocycles. The lowest BCUT2D eigenvalue weighted by atomic mass is 9.88. The summed E-state index contributed by atoms with van der Waals surface area (Å²) in [5, 5.41) is 3.60. The highest BCUT2D eigenvalue weighted by Crippen LogP contribution is 2.25. The Morgan fingerprint density at radius 2 is 1.90 bits per heavy atom. The molecule has 1 fully saturated rings. The third-order valence-electron chi connectivity index (χ3n) is 4.11. The van der Waals surface area contributed by atoms with Gasteiger partial charge in [-0.2, -0.15) is 0 Å².